The third-order valence-electron chi connectivity index (χ3n) is 6.11. The van der Waals surface area contributed by atoms with Crippen LogP contribution in [0.1, 0.15) is 25.7 Å². The van der Waals surface area contributed by atoms with Gasteiger partial charge in [0.2, 0.25) is 0 Å². The number of hydrogen-bond acceptors (Lipinski definition) is 4. The van der Waals surface area contributed by atoms with Crippen LogP contribution in [-0.2, 0) is 9.84 Å². The highest BCUT2D eigenvalue weighted by Crippen LogP contribution is 2.46. The summed E-state index contributed by atoms with van der Waals surface area (Å²) in [4.78, 5) is 5.50. The van der Waals surface area contributed by atoms with Crippen molar-refractivity contribution in [3.05, 3.63) is 24.3 Å². The van der Waals surface area contributed by atoms with Gasteiger partial charge < -0.3 is 4.90 Å². The summed E-state index contributed by atoms with van der Waals surface area (Å²) < 4.78 is 23.1. The van der Waals surface area contributed by atoms with E-state index in [4.69, 9.17) is 0 Å². The normalized spacial score (nSPS) is 31.7. The second-order valence-corrected chi connectivity index (χ2v) is 9.55. The summed E-state index contributed by atoms with van der Waals surface area (Å²) in [5, 5.41) is 0. The summed E-state index contributed by atoms with van der Waals surface area (Å²) in [5.41, 5.74) is 1.14. The van der Waals surface area contributed by atoms with E-state index in [0.29, 0.717) is 4.90 Å². The van der Waals surface area contributed by atoms with Gasteiger partial charge in [-0.2, -0.15) is 0 Å². The number of nitrogens with zero attached hydrogens (tertiary/aromatic N) is 2. The van der Waals surface area contributed by atoms with E-state index in [-0.39, 0.29) is 0 Å². The lowest BCUT2D eigenvalue weighted by molar-refractivity contribution is 0.135. The van der Waals surface area contributed by atoms with E-state index >= 15 is 0 Å². The molecule has 126 valence electrons. The summed E-state index contributed by atoms with van der Waals surface area (Å²) in [5.74, 6) is 1.96. The highest BCUT2D eigenvalue weighted by Gasteiger charge is 2.42. The zero-order valence-corrected chi connectivity index (χ0v) is 14.6. The van der Waals surface area contributed by atoms with Crippen molar-refractivity contribution >= 4 is 15.5 Å². The number of piperazine rings is 1. The van der Waals surface area contributed by atoms with Crippen molar-refractivity contribution in [2.75, 3.05) is 37.3 Å². The van der Waals surface area contributed by atoms with Crippen LogP contribution in [0.2, 0.25) is 0 Å². The van der Waals surface area contributed by atoms with E-state index in [0.717, 1.165) is 49.7 Å². The van der Waals surface area contributed by atoms with Crippen LogP contribution >= 0.6 is 0 Å². The molecule has 0 aromatic heterocycles. The average molecular weight is 334 g/mol. The monoisotopic (exact) mass is 334 g/mol. The third kappa shape index (κ3) is 3.01. The first kappa shape index (κ1) is 15.5. The first-order valence-electron chi connectivity index (χ1n) is 8.80. The van der Waals surface area contributed by atoms with E-state index in [9.17, 15) is 8.42 Å². The lowest BCUT2D eigenvalue weighted by atomic mass is 9.93. The van der Waals surface area contributed by atoms with E-state index in [1.807, 2.05) is 12.1 Å². The van der Waals surface area contributed by atoms with Crippen LogP contribution in [0.3, 0.4) is 0 Å². The van der Waals surface area contributed by atoms with Gasteiger partial charge in [-0.05, 0) is 55.4 Å². The smallest absolute Gasteiger partial charge is 0.175 e. The number of sulfone groups is 1. The molecule has 4 nitrogen and oxygen atoms in total. The van der Waals surface area contributed by atoms with Gasteiger partial charge in [0.05, 0.1) is 4.90 Å². The highest BCUT2D eigenvalue weighted by molar-refractivity contribution is 7.90. The zero-order valence-electron chi connectivity index (χ0n) is 13.8. The number of anilines is 1. The number of hydrogen-bond donors (Lipinski definition) is 0. The minimum absolute atomic E-state index is 0.405. The summed E-state index contributed by atoms with van der Waals surface area (Å²) >= 11 is 0. The maximum absolute atomic E-state index is 11.6. The van der Waals surface area contributed by atoms with Gasteiger partial charge in [-0.3, -0.25) is 4.90 Å². The molecule has 1 heterocycles. The summed E-state index contributed by atoms with van der Waals surface area (Å²) in [6.07, 6.45) is 7.07. The van der Waals surface area contributed by atoms with Gasteiger partial charge >= 0.3 is 0 Å². The molecule has 3 fully saturated rings. The second-order valence-electron chi connectivity index (χ2n) is 7.53. The fourth-order valence-corrected chi connectivity index (χ4v) is 5.50. The molecule has 0 radical (unpaired) electrons. The van der Waals surface area contributed by atoms with Crippen LogP contribution in [0.4, 0.5) is 5.69 Å². The molecule has 3 unspecified atom stereocenters. The highest BCUT2D eigenvalue weighted by atomic mass is 32.2. The first-order valence-corrected chi connectivity index (χ1v) is 10.7. The molecule has 1 aromatic rings. The molecule has 2 saturated carbocycles. The molecule has 23 heavy (non-hydrogen) atoms. The summed E-state index contributed by atoms with van der Waals surface area (Å²) in [6, 6.07) is 8.19. The first-order chi connectivity index (χ1) is 11.0. The van der Waals surface area contributed by atoms with E-state index < -0.39 is 9.84 Å². The molecule has 4 rings (SSSR count). The molecule has 3 atom stereocenters. The van der Waals surface area contributed by atoms with Crippen molar-refractivity contribution in [2.24, 2.45) is 11.8 Å². The topological polar surface area (TPSA) is 40.6 Å². The standard InChI is InChI=1S/C18H26N2O2S/c1-23(21,22)17-6-4-16(5-7-17)19-8-10-20(11-9-19)18-13-14-2-3-15(18)12-14/h4-7,14-15,18H,2-3,8-13H2,1H3. The van der Waals surface area contributed by atoms with Crippen molar-refractivity contribution in [1.29, 1.82) is 0 Å². The lowest BCUT2D eigenvalue weighted by Gasteiger charge is -2.41. The second kappa shape index (κ2) is 5.78. The van der Waals surface area contributed by atoms with Crippen LogP contribution < -0.4 is 4.90 Å². The fourth-order valence-electron chi connectivity index (χ4n) is 4.87. The number of fused-ring (bicyclic) bond motifs is 2. The van der Waals surface area contributed by atoms with Gasteiger partial charge in [-0.1, -0.05) is 6.42 Å². The Labute approximate surface area is 139 Å². The summed E-state index contributed by atoms with van der Waals surface area (Å²) in [6.45, 7) is 4.38. The van der Waals surface area contributed by atoms with Gasteiger partial charge in [0.15, 0.2) is 9.84 Å². The van der Waals surface area contributed by atoms with Gasteiger partial charge in [-0.15, -0.1) is 0 Å². The molecule has 1 aliphatic heterocycles. The van der Waals surface area contributed by atoms with Crippen LogP contribution in [0, 0.1) is 11.8 Å². The molecular weight excluding hydrogens is 308 g/mol. The maximum Gasteiger partial charge on any atom is 0.175 e. The Hall–Kier alpha value is -1.07. The molecule has 0 spiro atoms. The van der Waals surface area contributed by atoms with Crippen molar-refractivity contribution in [1.82, 2.24) is 4.90 Å². The Morgan fingerprint density at radius 2 is 1.65 bits per heavy atom. The van der Waals surface area contributed by atoms with Gasteiger partial charge in [0.1, 0.15) is 0 Å². The quantitative estimate of drug-likeness (QED) is 0.851. The molecule has 0 N–H and O–H groups in total. The van der Waals surface area contributed by atoms with Gasteiger partial charge in [0.25, 0.3) is 0 Å². The van der Waals surface area contributed by atoms with Crippen molar-refractivity contribution in [3.63, 3.8) is 0 Å². The minimum Gasteiger partial charge on any atom is -0.369 e. The molecular formula is C18H26N2O2S. The maximum atomic E-state index is 11.6. The molecule has 1 aromatic carbocycles. The van der Waals surface area contributed by atoms with Crippen molar-refractivity contribution < 1.29 is 8.42 Å². The summed E-state index contributed by atoms with van der Waals surface area (Å²) in [7, 11) is -3.10. The predicted octanol–water partition coefficient (Wildman–Crippen LogP) is 2.40. The number of benzene rings is 1. The lowest BCUT2D eigenvalue weighted by Crippen LogP contribution is -2.51. The SMILES string of the molecule is CS(=O)(=O)c1ccc(N2CCN(C3CC4CCC3C4)CC2)cc1. The Kier molecular flexibility index (Phi) is 3.88. The van der Waals surface area contributed by atoms with Crippen LogP contribution in [0.15, 0.2) is 29.2 Å². The van der Waals surface area contributed by atoms with E-state index in [1.54, 1.807) is 12.1 Å². The fraction of sp³-hybridized carbons (Fsp3) is 0.667. The molecule has 2 bridgehead atoms. The van der Waals surface area contributed by atoms with Gasteiger partial charge in [0, 0.05) is 44.2 Å². The number of rotatable bonds is 3. The van der Waals surface area contributed by atoms with E-state index in [1.165, 1.54) is 31.9 Å². The Morgan fingerprint density at radius 3 is 2.17 bits per heavy atom. The molecule has 2 aliphatic carbocycles. The minimum atomic E-state index is -3.10. The van der Waals surface area contributed by atoms with Crippen molar-refractivity contribution in [3.8, 4) is 0 Å². The van der Waals surface area contributed by atoms with Crippen molar-refractivity contribution in [2.45, 2.75) is 36.6 Å². The average Bonchev–Trinajstić information content (AvgIpc) is 3.17. The van der Waals surface area contributed by atoms with Crippen LogP contribution in [-0.4, -0.2) is 51.8 Å². The van der Waals surface area contributed by atoms with Gasteiger partial charge in [-0.25, -0.2) is 8.42 Å². The molecule has 1 saturated heterocycles. The Morgan fingerprint density at radius 1 is 0.957 bits per heavy atom. The zero-order chi connectivity index (χ0) is 16.0. The third-order valence-corrected chi connectivity index (χ3v) is 7.24. The molecule has 3 aliphatic rings. The Balaban J connectivity index is 1.38. The molecule has 0 amide bonds. The van der Waals surface area contributed by atoms with E-state index in [2.05, 4.69) is 9.80 Å². The Bertz CT molecular complexity index is 663. The largest absolute Gasteiger partial charge is 0.369 e. The van der Waals surface area contributed by atoms with Crippen LogP contribution in [0.25, 0.3) is 0 Å². The predicted molar refractivity (Wildman–Crippen MR) is 92.6 cm³/mol. The molecule has 5 heteroatoms. The van der Waals surface area contributed by atoms with Crippen LogP contribution in [0.5, 0.6) is 0 Å².